The number of aryl methyl sites for hydroxylation is 1. The number of rotatable bonds is 0. The predicted molar refractivity (Wildman–Crippen MR) is 55.1 cm³/mol. The molecular formula is C12H15N. The lowest BCUT2D eigenvalue weighted by atomic mass is 9.96. The van der Waals surface area contributed by atoms with Crippen molar-refractivity contribution in [3.05, 3.63) is 34.3 Å². The van der Waals surface area contributed by atoms with E-state index in [9.17, 15) is 0 Å². The number of hydrogen-bond donors (Lipinski definition) is 0. The molecule has 0 bridgehead atoms. The number of fused-ring (bicyclic) bond motifs is 1. The first-order valence-corrected chi connectivity index (χ1v) is 4.81. The Morgan fingerprint density at radius 1 is 1.31 bits per heavy atom. The van der Waals surface area contributed by atoms with Crippen LogP contribution in [0.3, 0.4) is 0 Å². The fourth-order valence-electron chi connectivity index (χ4n) is 1.82. The SMILES string of the molecule is CC1=c2cccc(C)c2=NCC1C. The lowest BCUT2D eigenvalue weighted by Gasteiger charge is -2.14. The van der Waals surface area contributed by atoms with Crippen molar-refractivity contribution < 1.29 is 0 Å². The highest BCUT2D eigenvalue weighted by Crippen LogP contribution is 2.10. The van der Waals surface area contributed by atoms with E-state index in [0.717, 1.165) is 6.54 Å². The van der Waals surface area contributed by atoms with Gasteiger partial charge in [0.1, 0.15) is 0 Å². The molecule has 1 heteroatoms. The first-order chi connectivity index (χ1) is 6.20. The summed E-state index contributed by atoms with van der Waals surface area (Å²) in [6.45, 7) is 7.54. The first kappa shape index (κ1) is 8.49. The van der Waals surface area contributed by atoms with Crippen molar-refractivity contribution in [1.29, 1.82) is 0 Å². The van der Waals surface area contributed by atoms with Crippen molar-refractivity contribution in [1.82, 2.24) is 0 Å². The molecule has 13 heavy (non-hydrogen) atoms. The molecule has 0 spiro atoms. The molecule has 0 amide bonds. The molecule has 0 radical (unpaired) electrons. The van der Waals surface area contributed by atoms with Gasteiger partial charge in [-0.1, -0.05) is 30.7 Å². The molecular weight excluding hydrogens is 158 g/mol. The minimum absolute atomic E-state index is 0.606. The molecule has 1 aliphatic heterocycles. The Balaban J connectivity index is 2.88. The van der Waals surface area contributed by atoms with E-state index in [-0.39, 0.29) is 0 Å². The van der Waals surface area contributed by atoms with E-state index in [4.69, 9.17) is 0 Å². The van der Waals surface area contributed by atoms with Gasteiger partial charge < -0.3 is 0 Å². The molecule has 1 heterocycles. The van der Waals surface area contributed by atoms with Crippen molar-refractivity contribution in [2.45, 2.75) is 20.8 Å². The van der Waals surface area contributed by atoms with Crippen molar-refractivity contribution >= 4 is 5.57 Å². The van der Waals surface area contributed by atoms with E-state index >= 15 is 0 Å². The third-order valence-electron chi connectivity index (χ3n) is 2.93. The lowest BCUT2D eigenvalue weighted by molar-refractivity contribution is 0.717. The maximum atomic E-state index is 4.60. The highest BCUT2D eigenvalue weighted by atomic mass is 14.7. The van der Waals surface area contributed by atoms with Crippen LogP contribution in [-0.2, 0) is 0 Å². The molecule has 1 atom stereocenters. The Morgan fingerprint density at radius 2 is 2.08 bits per heavy atom. The second-order valence-electron chi connectivity index (χ2n) is 3.90. The van der Waals surface area contributed by atoms with Crippen molar-refractivity contribution in [3.8, 4) is 0 Å². The highest BCUT2D eigenvalue weighted by molar-refractivity contribution is 5.46. The molecule has 1 aromatic carbocycles. The molecule has 1 nitrogen and oxygen atoms in total. The Hall–Kier alpha value is -1.11. The Kier molecular flexibility index (Phi) is 1.95. The van der Waals surface area contributed by atoms with Crippen molar-refractivity contribution in [3.63, 3.8) is 0 Å². The summed E-state index contributed by atoms with van der Waals surface area (Å²) in [6.07, 6.45) is 0. The largest absolute Gasteiger partial charge is 0.284 e. The van der Waals surface area contributed by atoms with Crippen LogP contribution >= 0.6 is 0 Å². The zero-order chi connectivity index (χ0) is 9.42. The minimum atomic E-state index is 0.606. The molecule has 0 fully saturated rings. The summed E-state index contributed by atoms with van der Waals surface area (Å²) in [6, 6.07) is 6.42. The maximum absolute atomic E-state index is 4.60. The number of para-hydroxylation sites is 1. The molecule has 2 rings (SSSR count). The second-order valence-corrected chi connectivity index (χ2v) is 3.90. The number of hydrogen-bond acceptors (Lipinski definition) is 1. The van der Waals surface area contributed by atoms with E-state index in [1.54, 1.807) is 0 Å². The van der Waals surface area contributed by atoms with E-state index in [1.807, 2.05) is 0 Å². The summed E-state index contributed by atoms with van der Waals surface area (Å²) < 4.78 is 0. The Bertz CT molecular complexity index is 443. The molecule has 0 aromatic heterocycles. The van der Waals surface area contributed by atoms with E-state index in [1.165, 1.54) is 21.7 Å². The molecule has 0 aliphatic carbocycles. The molecule has 1 aromatic rings. The van der Waals surface area contributed by atoms with Crippen LogP contribution in [0.25, 0.3) is 5.57 Å². The third-order valence-corrected chi connectivity index (χ3v) is 2.93. The second kappa shape index (κ2) is 2.99. The predicted octanol–water partition coefficient (Wildman–Crippen LogP) is 1.43. The van der Waals surface area contributed by atoms with Gasteiger partial charge in [-0.05, 0) is 30.5 Å². The summed E-state index contributed by atoms with van der Waals surface area (Å²) in [5, 5.41) is 2.55. The third kappa shape index (κ3) is 1.28. The quantitative estimate of drug-likeness (QED) is 0.563. The van der Waals surface area contributed by atoms with Gasteiger partial charge in [0.05, 0.1) is 5.36 Å². The smallest absolute Gasteiger partial charge is 0.0675 e. The van der Waals surface area contributed by atoms with Gasteiger partial charge in [0.2, 0.25) is 0 Å². The lowest BCUT2D eigenvalue weighted by Crippen LogP contribution is -2.35. The average Bonchev–Trinajstić information content (AvgIpc) is 2.12. The zero-order valence-electron chi connectivity index (χ0n) is 8.46. The van der Waals surface area contributed by atoms with Crippen LogP contribution in [-0.4, -0.2) is 6.54 Å². The molecule has 68 valence electrons. The summed E-state index contributed by atoms with van der Waals surface area (Å²) in [5.74, 6) is 0.606. The maximum Gasteiger partial charge on any atom is 0.0675 e. The van der Waals surface area contributed by atoms with Crippen LogP contribution in [0.1, 0.15) is 19.4 Å². The van der Waals surface area contributed by atoms with Crippen molar-refractivity contribution in [2.75, 3.05) is 6.54 Å². The van der Waals surface area contributed by atoms with Crippen LogP contribution < -0.4 is 10.6 Å². The average molecular weight is 173 g/mol. The van der Waals surface area contributed by atoms with E-state index < -0.39 is 0 Å². The van der Waals surface area contributed by atoms with Crippen molar-refractivity contribution in [2.24, 2.45) is 10.9 Å². The Morgan fingerprint density at radius 3 is 2.85 bits per heavy atom. The zero-order valence-corrected chi connectivity index (χ0v) is 8.46. The molecule has 1 unspecified atom stereocenters. The fourth-order valence-corrected chi connectivity index (χ4v) is 1.82. The van der Waals surface area contributed by atoms with Gasteiger partial charge in [0.15, 0.2) is 0 Å². The van der Waals surface area contributed by atoms with Crippen LogP contribution in [0.5, 0.6) is 0 Å². The summed E-state index contributed by atoms with van der Waals surface area (Å²) in [4.78, 5) is 4.60. The molecule has 1 aliphatic rings. The summed E-state index contributed by atoms with van der Waals surface area (Å²) in [7, 11) is 0. The Labute approximate surface area is 78.8 Å². The van der Waals surface area contributed by atoms with Crippen LogP contribution in [0, 0.1) is 12.8 Å². The molecule has 0 saturated carbocycles. The van der Waals surface area contributed by atoms with Crippen LogP contribution in [0.2, 0.25) is 0 Å². The van der Waals surface area contributed by atoms with Crippen LogP contribution in [0.4, 0.5) is 0 Å². The first-order valence-electron chi connectivity index (χ1n) is 4.81. The summed E-state index contributed by atoms with van der Waals surface area (Å²) >= 11 is 0. The number of nitrogens with zero attached hydrogens (tertiary/aromatic N) is 1. The van der Waals surface area contributed by atoms with Gasteiger partial charge in [-0.3, -0.25) is 4.99 Å². The molecule has 0 N–H and O–H groups in total. The van der Waals surface area contributed by atoms with Gasteiger partial charge in [-0.15, -0.1) is 0 Å². The summed E-state index contributed by atoms with van der Waals surface area (Å²) in [5.41, 5.74) is 2.78. The topological polar surface area (TPSA) is 12.4 Å². The van der Waals surface area contributed by atoms with E-state index in [0.29, 0.717) is 5.92 Å². The fraction of sp³-hybridized carbons (Fsp3) is 0.417. The highest BCUT2D eigenvalue weighted by Gasteiger charge is 2.09. The van der Waals surface area contributed by atoms with Gasteiger partial charge in [-0.2, -0.15) is 0 Å². The monoisotopic (exact) mass is 173 g/mol. The van der Waals surface area contributed by atoms with Gasteiger partial charge >= 0.3 is 0 Å². The normalized spacial score (nSPS) is 20.8. The van der Waals surface area contributed by atoms with E-state index in [2.05, 4.69) is 44.0 Å². The van der Waals surface area contributed by atoms with Gasteiger partial charge in [0, 0.05) is 6.54 Å². The number of benzene rings is 1. The molecule has 0 saturated heterocycles. The van der Waals surface area contributed by atoms with Crippen LogP contribution in [0.15, 0.2) is 23.2 Å². The standard InChI is InChI=1S/C12H15N/c1-8-5-4-6-11-10(3)9(2)7-13-12(8)11/h4-6,9H,7H2,1-3H3. The van der Waals surface area contributed by atoms with Gasteiger partial charge in [0.25, 0.3) is 0 Å². The van der Waals surface area contributed by atoms with Gasteiger partial charge in [-0.25, -0.2) is 0 Å². The minimum Gasteiger partial charge on any atom is -0.284 e.